The van der Waals surface area contributed by atoms with Crippen LogP contribution in [-0.2, 0) is 11.3 Å². The van der Waals surface area contributed by atoms with Crippen molar-refractivity contribution in [2.24, 2.45) is 0 Å². The molecule has 32 heavy (non-hydrogen) atoms. The lowest BCUT2D eigenvalue weighted by Crippen LogP contribution is -2.27. The number of halogens is 1. The van der Waals surface area contributed by atoms with Gasteiger partial charge >= 0.3 is 5.97 Å². The van der Waals surface area contributed by atoms with Crippen LogP contribution in [0.15, 0.2) is 52.3 Å². The van der Waals surface area contributed by atoms with Gasteiger partial charge in [-0.3, -0.25) is 4.79 Å². The molecule has 0 aliphatic heterocycles. The zero-order valence-corrected chi connectivity index (χ0v) is 18.4. The molecule has 4 rings (SSSR count). The minimum atomic E-state index is -0.508. The van der Waals surface area contributed by atoms with Crippen molar-refractivity contribution in [3.05, 3.63) is 76.6 Å². The third-order valence-corrected chi connectivity index (χ3v) is 5.59. The zero-order valence-electron chi connectivity index (χ0n) is 17.5. The van der Waals surface area contributed by atoms with Gasteiger partial charge in [-0.1, -0.05) is 6.07 Å². The van der Waals surface area contributed by atoms with Crippen LogP contribution in [0.2, 0.25) is 0 Å². The van der Waals surface area contributed by atoms with Crippen LogP contribution in [-0.4, -0.2) is 45.7 Å². The van der Waals surface area contributed by atoms with Gasteiger partial charge in [-0.15, -0.1) is 16.4 Å². The van der Waals surface area contributed by atoms with E-state index in [0.29, 0.717) is 28.6 Å². The van der Waals surface area contributed by atoms with Gasteiger partial charge < -0.3 is 14.1 Å². The number of nitrogens with zero attached hydrogens (tertiary/aromatic N) is 4. The first-order chi connectivity index (χ1) is 15.4. The number of carbonyl (C=O) groups is 2. The summed E-state index contributed by atoms with van der Waals surface area (Å²) in [6.45, 7) is 1.76. The van der Waals surface area contributed by atoms with E-state index in [1.54, 1.807) is 32.2 Å². The molecule has 0 unspecified atom stereocenters. The van der Waals surface area contributed by atoms with Gasteiger partial charge in [-0.2, -0.15) is 0 Å². The average molecular weight is 454 g/mol. The number of ether oxygens (including phenoxy) is 1. The standard InChI is InChI=1S/C22H19FN4O4S/c1-13-17(22(29)30-3)11-16(31-13)12-26(2)21(28)19-24-20(18-5-4-10-32-18)27(25-19)15-8-6-14(23)7-9-15/h4-11H,12H2,1-3H3. The lowest BCUT2D eigenvalue weighted by molar-refractivity contribution is 0.0598. The van der Waals surface area contributed by atoms with Crippen LogP contribution in [0.5, 0.6) is 0 Å². The van der Waals surface area contributed by atoms with Gasteiger partial charge in [-0.25, -0.2) is 18.9 Å². The Labute approximate surface area is 186 Å². The first-order valence-corrected chi connectivity index (χ1v) is 10.5. The van der Waals surface area contributed by atoms with Crippen molar-refractivity contribution < 1.29 is 23.1 Å². The monoisotopic (exact) mass is 454 g/mol. The molecule has 0 bridgehead atoms. The third kappa shape index (κ3) is 4.17. The number of methoxy groups -OCH3 is 1. The molecule has 1 aromatic carbocycles. The molecular weight excluding hydrogens is 435 g/mol. The van der Waals surface area contributed by atoms with Crippen LogP contribution >= 0.6 is 11.3 Å². The number of hydrogen-bond donors (Lipinski definition) is 0. The van der Waals surface area contributed by atoms with E-state index in [2.05, 4.69) is 10.1 Å². The third-order valence-electron chi connectivity index (χ3n) is 4.73. The molecule has 8 nitrogen and oxygen atoms in total. The fourth-order valence-corrected chi connectivity index (χ4v) is 3.84. The summed E-state index contributed by atoms with van der Waals surface area (Å²) in [7, 11) is 2.87. The van der Waals surface area contributed by atoms with Crippen molar-refractivity contribution in [1.29, 1.82) is 0 Å². The highest BCUT2D eigenvalue weighted by Crippen LogP contribution is 2.26. The molecule has 3 aromatic heterocycles. The maximum Gasteiger partial charge on any atom is 0.341 e. The molecule has 10 heteroatoms. The molecule has 0 saturated heterocycles. The second-order valence-corrected chi connectivity index (χ2v) is 7.91. The van der Waals surface area contributed by atoms with Crippen LogP contribution < -0.4 is 0 Å². The zero-order chi connectivity index (χ0) is 22.8. The smallest absolute Gasteiger partial charge is 0.341 e. The molecule has 0 fully saturated rings. The molecule has 164 valence electrons. The number of hydrogen-bond acceptors (Lipinski definition) is 7. The van der Waals surface area contributed by atoms with E-state index in [-0.39, 0.29) is 18.2 Å². The van der Waals surface area contributed by atoms with E-state index in [1.165, 1.54) is 40.2 Å². The van der Waals surface area contributed by atoms with Crippen LogP contribution in [0.25, 0.3) is 16.4 Å². The van der Waals surface area contributed by atoms with E-state index in [9.17, 15) is 14.0 Å². The maximum absolute atomic E-state index is 13.4. The van der Waals surface area contributed by atoms with Crippen molar-refractivity contribution >= 4 is 23.2 Å². The molecule has 0 radical (unpaired) electrons. The number of thiophene rings is 1. The van der Waals surface area contributed by atoms with Gasteiger partial charge in [0, 0.05) is 7.05 Å². The van der Waals surface area contributed by atoms with E-state index in [1.807, 2.05) is 17.5 Å². The van der Waals surface area contributed by atoms with Crippen molar-refractivity contribution in [3.63, 3.8) is 0 Å². The van der Waals surface area contributed by atoms with E-state index in [0.717, 1.165) is 4.88 Å². The Kier molecular flexibility index (Phi) is 5.87. The Morgan fingerprint density at radius 2 is 2.00 bits per heavy atom. The SMILES string of the molecule is COC(=O)c1cc(CN(C)C(=O)c2nc(-c3cccs3)n(-c3ccc(F)cc3)n2)oc1C. The Morgan fingerprint density at radius 3 is 2.66 bits per heavy atom. The highest BCUT2D eigenvalue weighted by Gasteiger charge is 2.24. The summed E-state index contributed by atoms with van der Waals surface area (Å²) in [6, 6.07) is 11.1. The molecular formula is C22H19FN4O4S. The minimum absolute atomic E-state index is 0.0169. The highest BCUT2D eigenvalue weighted by molar-refractivity contribution is 7.13. The molecule has 0 aliphatic carbocycles. The normalized spacial score (nSPS) is 10.9. The molecule has 0 N–H and O–H groups in total. The second-order valence-electron chi connectivity index (χ2n) is 6.96. The summed E-state index contributed by atoms with van der Waals surface area (Å²) < 4.78 is 25.2. The van der Waals surface area contributed by atoms with Gasteiger partial charge in [0.25, 0.3) is 5.91 Å². The van der Waals surface area contributed by atoms with Crippen LogP contribution in [0, 0.1) is 12.7 Å². The quantitative estimate of drug-likeness (QED) is 0.408. The van der Waals surface area contributed by atoms with E-state index < -0.39 is 11.9 Å². The Bertz CT molecular complexity index is 1260. The summed E-state index contributed by atoms with van der Waals surface area (Å²) >= 11 is 1.45. The molecule has 0 aliphatic rings. The molecule has 0 spiro atoms. The summed E-state index contributed by atoms with van der Waals surface area (Å²) in [5.74, 6) is -0.0183. The largest absolute Gasteiger partial charge is 0.465 e. The molecule has 0 atom stereocenters. The Balaban J connectivity index is 1.63. The summed E-state index contributed by atoms with van der Waals surface area (Å²) in [5, 5.41) is 6.28. The lowest BCUT2D eigenvalue weighted by atomic mass is 10.2. The van der Waals surface area contributed by atoms with Gasteiger partial charge in [0.15, 0.2) is 5.82 Å². The summed E-state index contributed by atoms with van der Waals surface area (Å²) in [6.07, 6.45) is 0. The summed E-state index contributed by atoms with van der Waals surface area (Å²) in [5.41, 5.74) is 0.885. The molecule has 1 amide bonds. The van der Waals surface area contributed by atoms with Crippen LogP contribution in [0.1, 0.15) is 32.5 Å². The Morgan fingerprint density at radius 1 is 1.25 bits per heavy atom. The molecule has 4 aromatic rings. The lowest BCUT2D eigenvalue weighted by Gasteiger charge is -2.13. The predicted molar refractivity (Wildman–Crippen MR) is 115 cm³/mol. The number of aryl methyl sites for hydroxylation is 1. The number of benzene rings is 1. The van der Waals surface area contributed by atoms with Gasteiger partial charge in [0.1, 0.15) is 22.9 Å². The molecule has 0 saturated carbocycles. The average Bonchev–Trinajstić information content (AvgIpc) is 3.53. The number of carbonyl (C=O) groups excluding carboxylic acids is 2. The number of amides is 1. The van der Waals surface area contributed by atoms with Crippen LogP contribution in [0.3, 0.4) is 0 Å². The first-order valence-electron chi connectivity index (χ1n) is 9.57. The topological polar surface area (TPSA) is 90.5 Å². The van der Waals surface area contributed by atoms with Crippen LogP contribution in [0.4, 0.5) is 4.39 Å². The van der Waals surface area contributed by atoms with Crippen molar-refractivity contribution in [3.8, 4) is 16.4 Å². The summed E-state index contributed by atoms with van der Waals surface area (Å²) in [4.78, 5) is 31.5. The maximum atomic E-state index is 13.4. The highest BCUT2D eigenvalue weighted by atomic mass is 32.1. The van der Waals surface area contributed by atoms with E-state index >= 15 is 0 Å². The minimum Gasteiger partial charge on any atom is -0.465 e. The van der Waals surface area contributed by atoms with Gasteiger partial charge in [0.05, 0.1) is 24.2 Å². The number of rotatable bonds is 6. The molecule has 3 heterocycles. The van der Waals surface area contributed by atoms with Gasteiger partial charge in [0.2, 0.25) is 5.82 Å². The number of furan rings is 1. The second kappa shape index (κ2) is 8.75. The van der Waals surface area contributed by atoms with Crippen molar-refractivity contribution in [2.45, 2.75) is 13.5 Å². The fourth-order valence-electron chi connectivity index (χ4n) is 3.14. The number of esters is 1. The first kappa shape index (κ1) is 21.4. The number of aromatic nitrogens is 3. The van der Waals surface area contributed by atoms with Crippen molar-refractivity contribution in [1.82, 2.24) is 19.7 Å². The predicted octanol–water partition coefficient (Wildman–Crippen LogP) is 4.10. The van der Waals surface area contributed by atoms with Gasteiger partial charge in [-0.05, 0) is 48.7 Å². The van der Waals surface area contributed by atoms with Crippen molar-refractivity contribution in [2.75, 3.05) is 14.2 Å². The van der Waals surface area contributed by atoms with E-state index in [4.69, 9.17) is 9.15 Å². The fraction of sp³-hybridized carbons (Fsp3) is 0.182. The Hall–Kier alpha value is -3.79.